The molecule has 3 aromatic rings. The van der Waals surface area contributed by atoms with E-state index in [0.29, 0.717) is 5.75 Å². The lowest BCUT2D eigenvalue weighted by Gasteiger charge is -2.13. The summed E-state index contributed by atoms with van der Waals surface area (Å²) in [4.78, 5) is 12.2. The van der Waals surface area contributed by atoms with Gasteiger partial charge < -0.3 is 10.6 Å². The SMILES string of the molecule is Cc1ccc(Nc2nnc(SCC(=O)N[C@@H](C)CCc3ccccc3)s2)cc1C. The van der Waals surface area contributed by atoms with Gasteiger partial charge in [0.05, 0.1) is 5.75 Å². The highest BCUT2D eigenvalue weighted by atomic mass is 32.2. The van der Waals surface area contributed by atoms with Gasteiger partial charge >= 0.3 is 0 Å². The van der Waals surface area contributed by atoms with E-state index >= 15 is 0 Å². The fraction of sp³-hybridized carbons (Fsp3) is 0.318. The molecule has 0 bridgehead atoms. The number of carbonyl (C=O) groups excluding carboxylic acids is 1. The maximum absolute atomic E-state index is 12.2. The number of nitrogens with one attached hydrogen (secondary N) is 2. The standard InChI is InChI=1S/C22H26N4OS2/c1-15-9-12-19(13-16(15)2)24-21-25-26-22(29-21)28-14-20(27)23-17(3)10-11-18-7-5-4-6-8-18/h4-9,12-13,17H,10-11,14H2,1-3H3,(H,23,27)(H,24,25)/t17-/m0/s1. The number of benzene rings is 2. The van der Waals surface area contributed by atoms with Gasteiger partial charge in [-0.2, -0.15) is 0 Å². The van der Waals surface area contributed by atoms with E-state index in [1.807, 2.05) is 31.2 Å². The van der Waals surface area contributed by atoms with E-state index in [-0.39, 0.29) is 11.9 Å². The lowest BCUT2D eigenvalue weighted by Crippen LogP contribution is -2.34. The Balaban J connectivity index is 1.41. The van der Waals surface area contributed by atoms with Crippen LogP contribution in [0.1, 0.15) is 30.0 Å². The van der Waals surface area contributed by atoms with Crippen LogP contribution in [0, 0.1) is 13.8 Å². The highest BCUT2D eigenvalue weighted by Crippen LogP contribution is 2.28. The van der Waals surface area contributed by atoms with Gasteiger partial charge in [-0.3, -0.25) is 4.79 Å². The fourth-order valence-electron chi connectivity index (χ4n) is 2.81. The summed E-state index contributed by atoms with van der Waals surface area (Å²) in [6, 6.07) is 16.7. The molecule has 3 rings (SSSR count). The normalized spacial score (nSPS) is 11.8. The van der Waals surface area contributed by atoms with E-state index < -0.39 is 0 Å². The summed E-state index contributed by atoms with van der Waals surface area (Å²) in [5, 5.41) is 15.4. The molecular weight excluding hydrogens is 400 g/mol. The van der Waals surface area contributed by atoms with E-state index in [0.717, 1.165) is 28.0 Å². The third-order valence-electron chi connectivity index (χ3n) is 4.61. The largest absolute Gasteiger partial charge is 0.353 e. The van der Waals surface area contributed by atoms with Crippen LogP contribution in [0.2, 0.25) is 0 Å². The lowest BCUT2D eigenvalue weighted by molar-refractivity contribution is -0.119. The number of hydrogen-bond acceptors (Lipinski definition) is 6. The predicted molar refractivity (Wildman–Crippen MR) is 122 cm³/mol. The minimum absolute atomic E-state index is 0.0226. The van der Waals surface area contributed by atoms with Crippen molar-refractivity contribution in [2.24, 2.45) is 0 Å². The second kappa shape index (κ2) is 10.4. The molecule has 7 heteroatoms. The van der Waals surface area contributed by atoms with Crippen molar-refractivity contribution in [1.29, 1.82) is 0 Å². The van der Waals surface area contributed by atoms with Crippen LogP contribution in [0.3, 0.4) is 0 Å². The van der Waals surface area contributed by atoms with Crippen LogP contribution in [0.15, 0.2) is 52.9 Å². The van der Waals surface area contributed by atoms with Crippen molar-refractivity contribution in [3.63, 3.8) is 0 Å². The fourth-order valence-corrected chi connectivity index (χ4v) is 4.39. The van der Waals surface area contributed by atoms with E-state index in [1.165, 1.54) is 39.8 Å². The van der Waals surface area contributed by atoms with Crippen molar-refractivity contribution in [2.45, 2.75) is 44.0 Å². The van der Waals surface area contributed by atoms with Gasteiger partial charge in [0.2, 0.25) is 11.0 Å². The second-order valence-electron chi connectivity index (χ2n) is 7.08. The van der Waals surface area contributed by atoms with Gasteiger partial charge in [-0.25, -0.2) is 0 Å². The number of amides is 1. The van der Waals surface area contributed by atoms with Crippen LogP contribution in [0.5, 0.6) is 0 Å². The lowest BCUT2D eigenvalue weighted by atomic mass is 10.1. The first-order chi connectivity index (χ1) is 14.0. The Morgan fingerprint density at radius 2 is 1.90 bits per heavy atom. The van der Waals surface area contributed by atoms with Gasteiger partial charge in [0.15, 0.2) is 4.34 Å². The Morgan fingerprint density at radius 3 is 2.66 bits per heavy atom. The number of anilines is 2. The van der Waals surface area contributed by atoms with Crippen LogP contribution >= 0.6 is 23.1 Å². The van der Waals surface area contributed by atoms with Gasteiger partial charge in [0.25, 0.3) is 0 Å². The van der Waals surface area contributed by atoms with Gasteiger partial charge in [-0.15, -0.1) is 10.2 Å². The van der Waals surface area contributed by atoms with Crippen molar-refractivity contribution in [3.8, 4) is 0 Å². The molecule has 5 nitrogen and oxygen atoms in total. The Morgan fingerprint density at radius 1 is 1.10 bits per heavy atom. The number of thioether (sulfide) groups is 1. The maximum atomic E-state index is 12.2. The number of aryl methyl sites for hydroxylation is 3. The number of aromatic nitrogens is 2. The summed E-state index contributed by atoms with van der Waals surface area (Å²) in [7, 11) is 0. The van der Waals surface area contributed by atoms with Crippen LogP contribution in [-0.4, -0.2) is 27.9 Å². The molecule has 1 atom stereocenters. The van der Waals surface area contributed by atoms with Crippen molar-refractivity contribution in [2.75, 3.05) is 11.1 Å². The number of nitrogens with zero attached hydrogens (tertiary/aromatic N) is 2. The molecule has 0 saturated heterocycles. The molecule has 0 aliphatic heterocycles. The minimum Gasteiger partial charge on any atom is -0.353 e. The zero-order chi connectivity index (χ0) is 20.6. The summed E-state index contributed by atoms with van der Waals surface area (Å²) in [6.45, 7) is 6.22. The number of rotatable bonds is 9. The van der Waals surface area contributed by atoms with Crippen molar-refractivity contribution in [1.82, 2.24) is 15.5 Å². The molecule has 0 unspecified atom stereocenters. The van der Waals surface area contributed by atoms with Gasteiger partial charge in [-0.1, -0.05) is 59.5 Å². The van der Waals surface area contributed by atoms with E-state index in [1.54, 1.807) is 0 Å². The van der Waals surface area contributed by atoms with Gasteiger partial charge in [-0.05, 0) is 62.4 Å². The second-order valence-corrected chi connectivity index (χ2v) is 9.28. The monoisotopic (exact) mass is 426 g/mol. The third-order valence-corrected chi connectivity index (χ3v) is 6.58. The Kier molecular flexibility index (Phi) is 7.66. The predicted octanol–water partition coefficient (Wildman–Crippen LogP) is 5.13. The summed E-state index contributed by atoms with van der Waals surface area (Å²) in [5.41, 5.74) is 4.77. The zero-order valence-electron chi connectivity index (χ0n) is 16.9. The highest BCUT2D eigenvalue weighted by molar-refractivity contribution is 8.01. The van der Waals surface area contributed by atoms with E-state index in [9.17, 15) is 4.79 Å². The van der Waals surface area contributed by atoms with Crippen molar-refractivity contribution in [3.05, 3.63) is 65.2 Å². The smallest absolute Gasteiger partial charge is 0.230 e. The molecule has 0 fully saturated rings. The summed E-state index contributed by atoms with van der Waals surface area (Å²) >= 11 is 2.87. The average molecular weight is 427 g/mol. The first kappa shape index (κ1) is 21.3. The Bertz CT molecular complexity index is 943. The number of hydrogen-bond donors (Lipinski definition) is 2. The van der Waals surface area contributed by atoms with Crippen LogP contribution < -0.4 is 10.6 Å². The summed E-state index contributed by atoms with van der Waals surface area (Å²) in [5.74, 6) is 0.364. The Labute approximate surface area is 180 Å². The van der Waals surface area contributed by atoms with Gasteiger partial charge in [0, 0.05) is 11.7 Å². The minimum atomic E-state index is 0.0226. The molecule has 2 N–H and O–H groups in total. The molecule has 0 saturated carbocycles. The molecule has 29 heavy (non-hydrogen) atoms. The van der Waals surface area contributed by atoms with Crippen molar-refractivity contribution < 1.29 is 4.79 Å². The summed E-state index contributed by atoms with van der Waals surface area (Å²) < 4.78 is 0.781. The van der Waals surface area contributed by atoms with E-state index in [4.69, 9.17) is 0 Å². The third kappa shape index (κ3) is 6.87. The van der Waals surface area contributed by atoms with Crippen molar-refractivity contribution >= 4 is 39.8 Å². The van der Waals surface area contributed by atoms with E-state index in [2.05, 4.69) is 58.9 Å². The molecule has 2 aromatic carbocycles. The number of carbonyl (C=O) groups is 1. The first-order valence-corrected chi connectivity index (χ1v) is 11.4. The van der Waals surface area contributed by atoms with Gasteiger partial charge in [0.1, 0.15) is 0 Å². The Hall–Kier alpha value is -2.38. The molecule has 152 valence electrons. The molecule has 1 heterocycles. The molecule has 0 spiro atoms. The molecule has 0 aliphatic carbocycles. The maximum Gasteiger partial charge on any atom is 0.230 e. The average Bonchev–Trinajstić information content (AvgIpc) is 3.16. The summed E-state index contributed by atoms with van der Waals surface area (Å²) in [6.07, 6.45) is 1.88. The van der Waals surface area contributed by atoms with Crippen LogP contribution in [0.25, 0.3) is 0 Å². The van der Waals surface area contributed by atoms with Crippen LogP contribution in [-0.2, 0) is 11.2 Å². The topological polar surface area (TPSA) is 66.9 Å². The molecular formula is C22H26N4OS2. The highest BCUT2D eigenvalue weighted by Gasteiger charge is 2.11. The molecule has 0 radical (unpaired) electrons. The quantitative estimate of drug-likeness (QED) is 0.465. The zero-order valence-corrected chi connectivity index (χ0v) is 18.6. The molecule has 1 amide bonds. The first-order valence-electron chi connectivity index (χ1n) is 9.63. The molecule has 1 aromatic heterocycles. The van der Waals surface area contributed by atoms with Crippen LogP contribution in [0.4, 0.5) is 10.8 Å². The molecule has 0 aliphatic rings.